The Hall–Kier alpha value is -4.22. The number of piperidine rings is 2. The van der Waals surface area contributed by atoms with Crippen LogP contribution in [-0.4, -0.2) is 76.5 Å². The Morgan fingerprint density at radius 2 is 1.16 bits per heavy atom. The van der Waals surface area contributed by atoms with Gasteiger partial charge in [0.15, 0.2) is 0 Å². The molecule has 2 N–H and O–H groups in total. The van der Waals surface area contributed by atoms with Crippen molar-refractivity contribution in [2.75, 3.05) is 31.9 Å². The van der Waals surface area contributed by atoms with E-state index in [1.54, 1.807) is 21.9 Å². The van der Waals surface area contributed by atoms with Crippen molar-refractivity contribution in [1.82, 2.24) is 9.80 Å². The summed E-state index contributed by atoms with van der Waals surface area (Å²) in [7, 11) is 0. The second-order valence-electron chi connectivity index (χ2n) is 12.9. The number of non-ortho nitro benzene ring substituents is 1. The van der Waals surface area contributed by atoms with Gasteiger partial charge in [0.1, 0.15) is 34.9 Å². The minimum atomic E-state index is -0.507. The first-order valence-electron chi connectivity index (χ1n) is 15.0. The SMILES string of the molecule is CC(C)(C)OC(=O)N1CCC(Oc2cccc(N)c2)CC1.CC(C)(C)OC(=O)N1CCC(Oc2cccc([N+](=O)[O-])c2)CC1. The van der Waals surface area contributed by atoms with Crippen LogP contribution in [0.5, 0.6) is 11.5 Å². The maximum Gasteiger partial charge on any atom is 0.410 e. The number of carbonyl (C=O) groups is 2. The first kappa shape index (κ1) is 34.3. The maximum absolute atomic E-state index is 12.0. The normalized spacial score (nSPS) is 16.3. The van der Waals surface area contributed by atoms with E-state index in [0.29, 0.717) is 50.5 Å². The highest BCUT2D eigenvalue weighted by Crippen LogP contribution is 2.25. The molecule has 2 aliphatic heterocycles. The minimum Gasteiger partial charge on any atom is -0.490 e. The number of ether oxygens (including phenoxy) is 4. The standard InChI is InChI=1S/C16H22N2O5.C16H24N2O3/c1-16(2,3)23-15(19)17-9-7-13(8-10-17)22-14-6-4-5-12(11-14)18(20)21;1-16(2,3)21-15(19)18-9-7-13(8-10-18)20-14-6-4-5-12(17)11-14/h4-6,11,13H,7-10H2,1-3H3;4-6,11,13H,7-10,17H2,1-3H3. The van der Waals surface area contributed by atoms with Gasteiger partial charge in [0.2, 0.25) is 0 Å². The number of nitro benzene ring substituents is 1. The van der Waals surface area contributed by atoms with Gasteiger partial charge >= 0.3 is 12.2 Å². The number of hydrogen-bond donors (Lipinski definition) is 1. The molecule has 12 nitrogen and oxygen atoms in total. The van der Waals surface area contributed by atoms with Gasteiger partial charge in [0, 0.05) is 69.7 Å². The molecule has 0 radical (unpaired) electrons. The third kappa shape index (κ3) is 11.8. The van der Waals surface area contributed by atoms with Crippen molar-refractivity contribution >= 4 is 23.6 Å². The van der Waals surface area contributed by atoms with E-state index in [1.807, 2.05) is 65.8 Å². The highest BCUT2D eigenvalue weighted by atomic mass is 16.6. The number of likely N-dealkylation sites (tertiary alicyclic amines) is 2. The summed E-state index contributed by atoms with van der Waals surface area (Å²) in [6.45, 7) is 13.5. The van der Waals surface area contributed by atoms with Crippen molar-refractivity contribution < 1.29 is 33.5 Å². The first-order chi connectivity index (χ1) is 20.6. The minimum absolute atomic E-state index is 0.00805. The smallest absolute Gasteiger partial charge is 0.410 e. The number of anilines is 1. The van der Waals surface area contributed by atoms with Crippen LogP contribution in [0.1, 0.15) is 67.2 Å². The monoisotopic (exact) mass is 614 g/mol. The van der Waals surface area contributed by atoms with E-state index >= 15 is 0 Å². The number of nitrogen functional groups attached to an aromatic ring is 1. The fraction of sp³-hybridized carbons (Fsp3) is 0.562. The molecule has 44 heavy (non-hydrogen) atoms. The summed E-state index contributed by atoms with van der Waals surface area (Å²) >= 11 is 0. The number of nitrogens with zero attached hydrogens (tertiary/aromatic N) is 3. The topological polar surface area (TPSA) is 147 Å². The van der Waals surface area contributed by atoms with Gasteiger partial charge in [-0.2, -0.15) is 0 Å². The van der Waals surface area contributed by atoms with Crippen molar-refractivity contribution in [2.24, 2.45) is 0 Å². The molecule has 2 fully saturated rings. The summed E-state index contributed by atoms with van der Waals surface area (Å²) in [5, 5.41) is 10.8. The summed E-state index contributed by atoms with van der Waals surface area (Å²) in [4.78, 5) is 37.7. The molecule has 0 spiro atoms. The molecule has 2 amide bonds. The quantitative estimate of drug-likeness (QED) is 0.229. The molecule has 0 saturated carbocycles. The predicted octanol–water partition coefficient (Wildman–Crippen LogP) is 6.42. The van der Waals surface area contributed by atoms with Gasteiger partial charge < -0.3 is 34.5 Å². The predicted molar refractivity (Wildman–Crippen MR) is 167 cm³/mol. The molecule has 2 heterocycles. The Morgan fingerprint density at radius 3 is 1.55 bits per heavy atom. The maximum atomic E-state index is 12.0. The van der Waals surface area contributed by atoms with Gasteiger partial charge in [-0.05, 0) is 59.7 Å². The Kier molecular flexibility index (Phi) is 11.7. The van der Waals surface area contributed by atoms with E-state index in [4.69, 9.17) is 24.7 Å². The van der Waals surface area contributed by atoms with Crippen LogP contribution in [0.2, 0.25) is 0 Å². The van der Waals surface area contributed by atoms with Crippen LogP contribution in [0.3, 0.4) is 0 Å². The summed E-state index contributed by atoms with van der Waals surface area (Å²) in [5.41, 5.74) is 5.48. The lowest BCUT2D eigenvalue weighted by atomic mass is 10.1. The highest BCUT2D eigenvalue weighted by molar-refractivity contribution is 5.68. The van der Waals surface area contributed by atoms with Crippen LogP contribution in [0, 0.1) is 10.1 Å². The molecule has 2 saturated heterocycles. The number of nitrogens with two attached hydrogens (primary N) is 1. The Labute approximate surface area is 259 Å². The number of benzene rings is 2. The van der Waals surface area contributed by atoms with Crippen LogP contribution < -0.4 is 15.2 Å². The molecule has 0 atom stereocenters. The Bertz CT molecular complexity index is 1260. The molecule has 2 aromatic carbocycles. The molecule has 4 rings (SSSR count). The van der Waals surface area contributed by atoms with Crippen molar-refractivity contribution in [3.8, 4) is 11.5 Å². The fourth-order valence-corrected chi connectivity index (χ4v) is 4.61. The van der Waals surface area contributed by atoms with Crippen LogP contribution in [-0.2, 0) is 9.47 Å². The van der Waals surface area contributed by atoms with Crippen molar-refractivity contribution in [2.45, 2.75) is 90.6 Å². The van der Waals surface area contributed by atoms with Crippen molar-refractivity contribution in [3.63, 3.8) is 0 Å². The third-order valence-electron chi connectivity index (χ3n) is 6.68. The highest BCUT2D eigenvalue weighted by Gasteiger charge is 2.29. The van der Waals surface area contributed by atoms with Gasteiger partial charge in [-0.1, -0.05) is 12.1 Å². The average molecular weight is 615 g/mol. The summed E-state index contributed by atoms with van der Waals surface area (Å²) < 4.78 is 22.4. The van der Waals surface area contributed by atoms with Gasteiger partial charge in [0.05, 0.1) is 11.0 Å². The number of nitro groups is 1. The average Bonchev–Trinajstić information content (AvgIpc) is 2.92. The number of carbonyl (C=O) groups excluding carboxylic acids is 2. The Balaban J connectivity index is 0.000000241. The zero-order valence-electron chi connectivity index (χ0n) is 26.6. The molecule has 12 heteroatoms. The van der Waals surface area contributed by atoms with E-state index in [0.717, 1.165) is 18.6 Å². The first-order valence-corrected chi connectivity index (χ1v) is 15.0. The van der Waals surface area contributed by atoms with Crippen molar-refractivity contribution in [3.05, 3.63) is 58.6 Å². The molecule has 0 unspecified atom stereocenters. The zero-order valence-corrected chi connectivity index (χ0v) is 26.6. The van der Waals surface area contributed by atoms with E-state index in [-0.39, 0.29) is 30.1 Å². The van der Waals surface area contributed by atoms with E-state index in [9.17, 15) is 19.7 Å². The zero-order chi connectivity index (χ0) is 32.5. The molecule has 0 bridgehead atoms. The summed E-state index contributed by atoms with van der Waals surface area (Å²) in [5.74, 6) is 1.26. The third-order valence-corrected chi connectivity index (χ3v) is 6.68. The van der Waals surface area contributed by atoms with Crippen LogP contribution in [0.4, 0.5) is 21.0 Å². The second kappa shape index (κ2) is 15.0. The lowest BCUT2D eigenvalue weighted by molar-refractivity contribution is -0.385. The van der Waals surface area contributed by atoms with Gasteiger partial charge in [0.25, 0.3) is 5.69 Å². The van der Waals surface area contributed by atoms with Crippen molar-refractivity contribution in [1.29, 1.82) is 0 Å². The molecule has 2 aromatic rings. The lowest BCUT2D eigenvalue weighted by Crippen LogP contribution is -2.44. The number of rotatable bonds is 5. The molecule has 0 aliphatic carbocycles. The number of amides is 2. The van der Waals surface area contributed by atoms with Gasteiger partial charge in [-0.25, -0.2) is 9.59 Å². The molecule has 0 aromatic heterocycles. The molecular weight excluding hydrogens is 568 g/mol. The summed E-state index contributed by atoms with van der Waals surface area (Å²) in [6, 6.07) is 13.6. The van der Waals surface area contributed by atoms with Crippen LogP contribution in [0.25, 0.3) is 0 Å². The molecule has 2 aliphatic rings. The molecule has 242 valence electrons. The van der Waals surface area contributed by atoms with Gasteiger partial charge in [-0.15, -0.1) is 0 Å². The van der Waals surface area contributed by atoms with Crippen LogP contribution >= 0.6 is 0 Å². The lowest BCUT2D eigenvalue weighted by Gasteiger charge is -2.33. The van der Waals surface area contributed by atoms with E-state index < -0.39 is 16.1 Å². The van der Waals surface area contributed by atoms with Gasteiger partial charge in [-0.3, -0.25) is 10.1 Å². The molecular formula is C32H46N4O8. The number of hydrogen-bond acceptors (Lipinski definition) is 9. The Morgan fingerprint density at radius 1 is 0.750 bits per heavy atom. The largest absolute Gasteiger partial charge is 0.490 e. The van der Waals surface area contributed by atoms with Crippen LogP contribution in [0.15, 0.2) is 48.5 Å². The fourth-order valence-electron chi connectivity index (χ4n) is 4.61. The van der Waals surface area contributed by atoms with E-state index in [2.05, 4.69) is 0 Å². The van der Waals surface area contributed by atoms with E-state index in [1.165, 1.54) is 12.1 Å². The summed E-state index contributed by atoms with van der Waals surface area (Å²) in [6.07, 6.45) is 2.43. The second-order valence-corrected chi connectivity index (χ2v) is 12.9.